The standard InChI is InChI=1S/C22H30N4O2/c1-15(2)14-21(27)26-13-5-6-20(26)22(28)24-16(3)17-7-9-18(10-8-17)19-11-12-23-25(19)4/h7-12,15-16,20H,5-6,13-14H2,1-4H3,(H,24,28). The fourth-order valence-corrected chi connectivity index (χ4v) is 3.80. The van der Waals surface area contributed by atoms with Gasteiger partial charge in [-0.25, -0.2) is 0 Å². The number of carbonyl (C=O) groups excluding carboxylic acids is 2. The van der Waals surface area contributed by atoms with E-state index in [0.717, 1.165) is 29.7 Å². The summed E-state index contributed by atoms with van der Waals surface area (Å²) in [6, 6.07) is 9.67. The molecule has 0 bridgehead atoms. The van der Waals surface area contributed by atoms with Gasteiger partial charge in [0, 0.05) is 26.2 Å². The van der Waals surface area contributed by atoms with Gasteiger partial charge in [-0.3, -0.25) is 14.3 Å². The minimum absolute atomic E-state index is 0.0576. The van der Waals surface area contributed by atoms with Gasteiger partial charge < -0.3 is 10.2 Å². The number of rotatable bonds is 6. The molecule has 1 N–H and O–H groups in total. The molecule has 28 heavy (non-hydrogen) atoms. The Bertz CT molecular complexity index is 825. The third kappa shape index (κ3) is 4.43. The van der Waals surface area contributed by atoms with Crippen LogP contribution in [0.25, 0.3) is 11.3 Å². The van der Waals surface area contributed by atoms with Gasteiger partial charge in [0.15, 0.2) is 0 Å². The van der Waals surface area contributed by atoms with Gasteiger partial charge in [0.05, 0.1) is 11.7 Å². The number of nitrogens with zero attached hydrogens (tertiary/aromatic N) is 3. The molecule has 2 atom stereocenters. The summed E-state index contributed by atoms with van der Waals surface area (Å²) in [4.78, 5) is 27.0. The van der Waals surface area contributed by atoms with Crippen molar-refractivity contribution in [1.82, 2.24) is 20.0 Å². The summed E-state index contributed by atoms with van der Waals surface area (Å²) < 4.78 is 1.84. The molecule has 3 rings (SSSR count). The Morgan fingerprint density at radius 1 is 1.18 bits per heavy atom. The van der Waals surface area contributed by atoms with Crippen LogP contribution in [0.3, 0.4) is 0 Å². The summed E-state index contributed by atoms with van der Waals surface area (Å²) in [6.07, 6.45) is 3.90. The van der Waals surface area contributed by atoms with Gasteiger partial charge in [-0.2, -0.15) is 5.10 Å². The van der Waals surface area contributed by atoms with Gasteiger partial charge in [0.1, 0.15) is 6.04 Å². The number of benzene rings is 1. The van der Waals surface area contributed by atoms with E-state index in [4.69, 9.17) is 0 Å². The first-order valence-corrected chi connectivity index (χ1v) is 10.0. The zero-order valence-corrected chi connectivity index (χ0v) is 17.2. The van der Waals surface area contributed by atoms with E-state index in [1.54, 1.807) is 11.1 Å². The van der Waals surface area contributed by atoms with E-state index in [9.17, 15) is 9.59 Å². The molecule has 6 nitrogen and oxygen atoms in total. The SMILES string of the molecule is CC(C)CC(=O)N1CCCC1C(=O)NC(C)c1ccc(-c2ccnn2C)cc1. The van der Waals surface area contributed by atoms with Crippen LogP contribution in [-0.4, -0.2) is 39.1 Å². The van der Waals surface area contributed by atoms with Gasteiger partial charge in [-0.1, -0.05) is 38.1 Å². The summed E-state index contributed by atoms with van der Waals surface area (Å²) in [5, 5.41) is 7.29. The highest BCUT2D eigenvalue weighted by Gasteiger charge is 2.34. The topological polar surface area (TPSA) is 67.2 Å². The van der Waals surface area contributed by atoms with Gasteiger partial charge in [0.2, 0.25) is 11.8 Å². The van der Waals surface area contributed by atoms with Crippen molar-refractivity contribution >= 4 is 11.8 Å². The number of likely N-dealkylation sites (tertiary alicyclic amines) is 1. The Labute approximate surface area is 166 Å². The van der Waals surface area contributed by atoms with Crippen LogP contribution in [0.2, 0.25) is 0 Å². The average Bonchev–Trinajstić information content (AvgIpc) is 3.30. The lowest BCUT2D eigenvalue weighted by atomic mass is 10.0. The van der Waals surface area contributed by atoms with Crippen LogP contribution in [0.4, 0.5) is 0 Å². The molecule has 1 aliphatic rings. The highest BCUT2D eigenvalue weighted by atomic mass is 16.2. The molecule has 0 saturated carbocycles. The van der Waals surface area contributed by atoms with Crippen molar-refractivity contribution in [3.8, 4) is 11.3 Å². The molecule has 2 unspecified atom stereocenters. The van der Waals surface area contributed by atoms with Gasteiger partial charge in [0.25, 0.3) is 0 Å². The Morgan fingerprint density at radius 3 is 2.50 bits per heavy atom. The van der Waals surface area contributed by atoms with E-state index in [1.807, 2.05) is 62.8 Å². The predicted octanol–water partition coefficient (Wildman–Crippen LogP) is 3.30. The van der Waals surface area contributed by atoms with E-state index in [1.165, 1.54) is 0 Å². The fourth-order valence-electron chi connectivity index (χ4n) is 3.80. The Morgan fingerprint density at radius 2 is 1.89 bits per heavy atom. The molecule has 1 aliphatic heterocycles. The third-order valence-electron chi connectivity index (χ3n) is 5.34. The monoisotopic (exact) mass is 382 g/mol. The van der Waals surface area contributed by atoms with Crippen molar-refractivity contribution in [2.75, 3.05) is 6.54 Å². The first-order chi connectivity index (χ1) is 13.4. The maximum Gasteiger partial charge on any atom is 0.243 e. The van der Waals surface area contributed by atoms with Crippen LogP contribution in [-0.2, 0) is 16.6 Å². The Balaban J connectivity index is 1.63. The zero-order chi connectivity index (χ0) is 20.3. The van der Waals surface area contributed by atoms with Crippen molar-refractivity contribution in [2.24, 2.45) is 13.0 Å². The number of hydrogen-bond donors (Lipinski definition) is 1. The number of amides is 2. The van der Waals surface area contributed by atoms with Crippen molar-refractivity contribution in [1.29, 1.82) is 0 Å². The molecule has 0 radical (unpaired) electrons. The molecule has 1 aromatic heterocycles. The number of aryl methyl sites for hydroxylation is 1. The van der Waals surface area contributed by atoms with Crippen molar-refractivity contribution in [3.05, 3.63) is 42.1 Å². The number of nitrogens with one attached hydrogen (secondary N) is 1. The third-order valence-corrected chi connectivity index (χ3v) is 5.34. The largest absolute Gasteiger partial charge is 0.348 e. The smallest absolute Gasteiger partial charge is 0.243 e. The maximum atomic E-state index is 12.8. The molecule has 2 amide bonds. The van der Waals surface area contributed by atoms with Crippen LogP contribution in [0, 0.1) is 5.92 Å². The molecule has 0 spiro atoms. The van der Waals surface area contributed by atoms with Crippen molar-refractivity contribution < 1.29 is 9.59 Å². The zero-order valence-electron chi connectivity index (χ0n) is 17.2. The molecule has 2 heterocycles. The molecule has 150 valence electrons. The van der Waals surface area contributed by atoms with E-state index >= 15 is 0 Å². The van der Waals surface area contributed by atoms with Crippen LogP contribution in [0.1, 0.15) is 51.6 Å². The second-order valence-electron chi connectivity index (χ2n) is 8.04. The summed E-state index contributed by atoms with van der Waals surface area (Å²) in [5.74, 6) is 0.326. The number of aromatic nitrogens is 2. The van der Waals surface area contributed by atoms with Crippen LogP contribution in [0.5, 0.6) is 0 Å². The van der Waals surface area contributed by atoms with Crippen LogP contribution < -0.4 is 5.32 Å². The lowest BCUT2D eigenvalue weighted by Gasteiger charge is -2.26. The van der Waals surface area contributed by atoms with Crippen molar-refractivity contribution in [3.63, 3.8) is 0 Å². The fraction of sp³-hybridized carbons (Fsp3) is 0.500. The normalized spacial score (nSPS) is 17.8. The van der Waals surface area contributed by atoms with Crippen LogP contribution >= 0.6 is 0 Å². The predicted molar refractivity (Wildman–Crippen MR) is 109 cm³/mol. The van der Waals surface area contributed by atoms with Crippen LogP contribution in [0.15, 0.2) is 36.5 Å². The lowest BCUT2D eigenvalue weighted by Crippen LogP contribution is -2.46. The molecule has 1 aromatic carbocycles. The second kappa shape index (κ2) is 8.59. The highest BCUT2D eigenvalue weighted by molar-refractivity contribution is 5.88. The Hall–Kier alpha value is -2.63. The van der Waals surface area contributed by atoms with Gasteiger partial charge in [-0.15, -0.1) is 0 Å². The summed E-state index contributed by atoms with van der Waals surface area (Å²) >= 11 is 0. The summed E-state index contributed by atoms with van der Waals surface area (Å²) in [6.45, 7) is 6.71. The quantitative estimate of drug-likeness (QED) is 0.833. The average molecular weight is 383 g/mol. The first-order valence-electron chi connectivity index (χ1n) is 10.0. The number of hydrogen-bond acceptors (Lipinski definition) is 3. The molecule has 6 heteroatoms. The molecule has 2 aromatic rings. The second-order valence-corrected chi connectivity index (χ2v) is 8.04. The van der Waals surface area contributed by atoms with E-state index in [2.05, 4.69) is 10.4 Å². The van der Waals surface area contributed by atoms with E-state index < -0.39 is 0 Å². The summed E-state index contributed by atoms with van der Waals surface area (Å²) in [7, 11) is 1.92. The van der Waals surface area contributed by atoms with Gasteiger partial charge in [-0.05, 0) is 42.9 Å². The molecule has 0 aliphatic carbocycles. The Kier molecular flexibility index (Phi) is 6.17. The lowest BCUT2D eigenvalue weighted by molar-refractivity contribution is -0.139. The molecule has 1 saturated heterocycles. The molecular weight excluding hydrogens is 352 g/mol. The minimum Gasteiger partial charge on any atom is -0.348 e. The molecule has 1 fully saturated rings. The summed E-state index contributed by atoms with van der Waals surface area (Å²) in [5.41, 5.74) is 3.18. The van der Waals surface area contributed by atoms with Crippen molar-refractivity contribution in [2.45, 2.75) is 52.1 Å². The van der Waals surface area contributed by atoms with E-state index in [-0.39, 0.29) is 23.9 Å². The first kappa shape index (κ1) is 20.1. The highest BCUT2D eigenvalue weighted by Crippen LogP contribution is 2.23. The molecular formula is C22H30N4O2. The number of carbonyl (C=O) groups is 2. The maximum absolute atomic E-state index is 12.8. The van der Waals surface area contributed by atoms with E-state index in [0.29, 0.717) is 18.9 Å². The van der Waals surface area contributed by atoms with Gasteiger partial charge >= 0.3 is 0 Å². The minimum atomic E-state index is -0.345.